The van der Waals surface area contributed by atoms with Gasteiger partial charge >= 0.3 is 0 Å². The number of fused-ring (bicyclic) bond motifs is 1. The smallest absolute Gasteiger partial charge is 0.252 e. The van der Waals surface area contributed by atoms with Gasteiger partial charge in [0, 0.05) is 12.0 Å². The average molecular weight is 335 g/mol. The van der Waals surface area contributed by atoms with Crippen LogP contribution in [0, 0.1) is 0 Å². The average Bonchev–Trinajstić information content (AvgIpc) is 3.12. The van der Waals surface area contributed by atoms with Crippen molar-refractivity contribution in [2.75, 3.05) is 13.2 Å². The molecule has 0 aliphatic carbocycles. The molecular weight excluding hydrogens is 314 g/mol. The Hall–Kier alpha value is -2.43. The Labute approximate surface area is 147 Å². The number of amides is 1. The zero-order chi connectivity index (χ0) is 17.3. The van der Waals surface area contributed by atoms with Gasteiger partial charge in [0.15, 0.2) is 5.72 Å². The molecule has 2 atom stereocenters. The van der Waals surface area contributed by atoms with Crippen molar-refractivity contribution in [1.29, 1.82) is 0 Å². The lowest BCUT2D eigenvalue weighted by Crippen LogP contribution is -2.46. The number of ether oxygens (including phenoxy) is 2. The molecule has 0 radical (unpaired) electrons. The summed E-state index contributed by atoms with van der Waals surface area (Å²) in [5.74, 6) is -0.0327. The first-order chi connectivity index (χ1) is 12.2. The molecule has 0 aromatic heterocycles. The topological polar surface area (TPSA) is 38.8 Å². The third kappa shape index (κ3) is 2.88. The monoisotopic (exact) mass is 335 g/mol. The fourth-order valence-electron chi connectivity index (χ4n) is 3.69. The highest BCUT2D eigenvalue weighted by atomic mass is 16.6. The summed E-state index contributed by atoms with van der Waals surface area (Å²) in [7, 11) is 0. The van der Waals surface area contributed by atoms with E-state index in [4.69, 9.17) is 9.47 Å². The van der Waals surface area contributed by atoms with Crippen LogP contribution in [-0.4, -0.2) is 29.7 Å². The third-order valence-corrected chi connectivity index (χ3v) is 4.89. The predicted octanol–water partition coefficient (Wildman–Crippen LogP) is 3.46. The van der Waals surface area contributed by atoms with Crippen LogP contribution < -0.4 is 0 Å². The van der Waals surface area contributed by atoms with Gasteiger partial charge in [0.1, 0.15) is 0 Å². The minimum absolute atomic E-state index is 0.0327. The standard InChI is InChI=1S/C21H21NO3/c1-16-12-21(15-24-13-17-8-4-2-5-9-17)22(20(16)23)19(14-25-21)18-10-6-3-7-11-18/h2-11,19H,1,12-15H2/t19-,21+/m0/s1. The zero-order valence-corrected chi connectivity index (χ0v) is 14.1. The number of benzene rings is 2. The van der Waals surface area contributed by atoms with Crippen molar-refractivity contribution in [2.24, 2.45) is 0 Å². The van der Waals surface area contributed by atoms with Crippen LogP contribution in [0.3, 0.4) is 0 Å². The van der Waals surface area contributed by atoms with Gasteiger partial charge in [0.25, 0.3) is 5.91 Å². The van der Waals surface area contributed by atoms with Gasteiger partial charge in [-0.1, -0.05) is 67.2 Å². The highest BCUT2D eigenvalue weighted by Crippen LogP contribution is 2.46. The second-order valence-corrected chi connectivity index (χ2v) is 6.62. The molecule has 2 heterocycles. The molecule has 25 heavy (non-hydrogen) atoms. The van der Waals surface area contributed by atoms with E-state index in [0.717, 1.165) is 11.1 Å². The van der Waals surface area contributed by atoms with Crippen molar-refractivity contribution in [1.82, 2.24) is 4.90 Å². The van der Waals surface area contributed by atoms with Crippen LogP contribution in [0.2, 0.25) is 0 Å². The van der Waals surface area contributed by atoms with Crippen molar-refractivity contribution in [2.45, 2.75) is 24.8 Å². The number of hydrogen-bond acceptors (Lipinski definition) is 3. The van der Waals surface area contributed by atoms with Crippen molar-refractivity contribution in [3.8, 4) is 0 Å². The minimum Gasteiger partial charge on any atom is -0.372 e. The van der Waals surface area contributed by atoms with Gasteiger partial charge < -0.3 is 9.47 Å². The molecular formula is C21H21NO3. The molecule has 0 spiro atoms. The second-order valence-electron chi connectivity index (χ2n) is 6.62. The van der Waals surface area contributed by atoms with Gasteiger partial charge in [-0.2, -0.15) is 0 Å². The van der Waals surface area contributed by atoms with Crippen LogP contribution in [0.25, 0.3) is 0 Å². The van der Waals surface area contributed by atoms with Crippen molar-refractivity contribution in [3.63, 3.8) is 0 Å². The summed E-state index contributed by atoms with van der Waals surface area (Å²) < 4.78 is 12.1. The third-order valence-electron chi connectivity index (χ3n) is 4.89. The van der Waals surface area contributed by atoms with E-state index in [1.54, 1.807) is 0 Å². The molecule has 2 fully saturated rings. The molecule has 0 N–H and O–H groups in total. The van der Waals surface area contributed by atoms with E-state index < -0.39 is 5.72 Å². The van der Waals surface area contributed by atoms with E-state index >= 15 is 0 Å². The largest absolute Gasteiger partial charge is 0.372 e. The van der Waals surface area contributed by atoms with Gasteiger partial charge in [0.2, 0.25) is 0 Å². The lowest BCUT2D eigenvalue weighted by atomic mass is 10.1. The Balaban J connectivity index is 1.53. The van der Waals surface area contributed by atoms with E-state index in [9.17, 15) is 4.79 Å². The number of nitrogens with zero attached hydrogens (tertiary/aromatic N) is 1. The molecule has 2 aliphatic rings. The van der Waals surface area contributed by atoms with E-state index in [1.165, 1.54) is 0 Å². The molecule has 2 aromatic rings. The van der Waals surface area contributed by atoms with E-state index in [-0.39, 0.29) is 11.9 Å². The maximum atomic E-state index is 12.7. The second kappa shape index (κ2) is 6.47. The van der Waals surface area contributed by atoms with E-state index in [1.807, 2.05) is 65.6 Å². The van der Waals surface area contributed by atoms with Crippen LogP contribution in [0.5, 0.6) is 0 Å². The lowest BCUT2D eigenvalue weighted by Gasteiger charge is -2.32. The highest BCUT2D eigenvalue weighted by Gasteiger charge is 2.56. The fourth-order valence-corrected chi connectivity index (χ4v) is 3.69. The number of rotatable bonds is 5. The van der Waals surface area contributed by atoms with E-state index in [0.29, 0.717) is 31.8 Å². The molecule has 128 valence electrons. The molecule has 0 saturated carbocycles. The molecule has 2 aliphatic heterocycles. The van der Waals surface area contributed by atoms with Gasteiger partial charge in [-0.05, 0) is 11.1 Å². The summed E-state index contributed by atoms with van der Waals surface area (Å²) in [6.07, 6.45) is 0.490. The molecule has 4 nitrogen and oxygen atoms in total. The maximum Gasteiger partial charge on any atom is 0.252 e. The van der Waals surface area contributed by atoms with E-state index in [2.05, 4.69) is 6.58 Å². The number of carbonyl (C=O) groups excluding carboxylic acids is 1. The van der Waals surface area contributed by atoms with Crippen LogP contribution >= 0.6 is 0 Å². The molecule has 1 amide bonds. The Morgan fingerprint density at radius 1 is 1.12 bits per heavy atom. The quantitative estimate of drug-likeness (QED) is 0.786. The minimum atomic E-state index is -0.733. The Kier molecular flexibility index (Phi) is 4.15. The summed E-state index contributed by atoms with van der Waals surface area (Å²) in [6, 6.07) is 19.9. The summed E-state index contributed by atoms with van der Waals surface area (Å²) >= 11 is 0. The summed E-state index contributed by atoms with van der Waals surface area (Å²) in [6.45, 7) is 5.25. The Morgan fingerprint density at radius 2 is 1.80 bits per heavy atom. The molecule has 0 unspecified atom stereocenters. The van der Waals surface area contributed by atoms with Crippen LogP contribution in [-0.2, 0) is 20.9 Å². The van der Waals surface area contributed by atoms with Crippen LogP contribution in [0.4, 0.5) is 0 Å². The molecule has 0 bridgehead atoms. The maximum absolute atomic E-state index is 12.7. The Morgan fingerprint density at radius 3 is 2.52 bits per heavy atom. The van der Waals surface area contributed by atoms with Gasteiger partial charge in [-0.15, -0.1) is 0 Å². The Bertz CT molecular complexity index is 774. The SMILES string of the molecule is C=C1C[C@]2(COCc3ccccc3)OC[C@@H](c3ccccc3)N2C1=O. The molecule has 4 heteroatoms. The van der Waals surface area contributed by atoms with Gasteiger partial charge in [-0.25, -0.2) is 0 Å². The number of carbonyl (C=O) groups is 1. The van der Waals surface area contributed by atoms with Crippen molar-refractivity contribution < 1.29 is 14.3 Å². The summed E-state index contributed by atoms with van der Waals surface area (Å²) in [5.41, 5.74) is 2.04. The lowest BCUT2D eigenvalue weighted by molar-refractivity contribution is -0.149. The normalized spacial score (nSPS) is 25.4. The molecule has 4 rings (SSSR count). The first-order valence-electron chi connectivity index (χ1n) is 8.52. The highest BCUT2D eigenvalue weighted by molar-refractivity contribution is 5.96. The van der Waals surface area contributed by atoms with Gasteiger partial charge in [-0.3, -0.25) is 9.69 Å². The first-order valence-corrected chi connectivity index (χ1v) is 8.52. The van der Waals surface area contributed by atoms with Gasteiger partial charge in [0.05, 0.1) is 25.9 Å². The van der Waals surface area contributed by atoms with Crippen LogP contribution in [0.1, 0.15) is 23.6 Å². The zero-order valence-electron chi connectivity index (χ0n) is 14.1. The van der Waals surface area contributed by atoms with Crippen molar-refractivity contribution in [3.05, 3.63) is 83.9 Å². The predicted molar refractivity (Wildman–Crippen MR) is 94.6 cm³/mol. The summed E-state index contributed by atoms with van der Waals surface area (Å²) in [4.78, 5) is 14.5. The molecule has 2 aromatic carbocycles. The molecule has 2 saturated heterocycles. The van der Waals surface area contributed by atoms with Crippen LogP contribution in [0.15, 0.2) is 72.8 Å². The van der Waals surface area contributed by atoms with Crippen molar-refractivity contribution >= 4 is 5.91 Å². The number of hydrogen-bond donors (Lipinski definition) is 0. The first kappa shape index (κ1) is 16.1. The fraction of sp³-hybridized carbons (Fsp3) is 0.286. The summed E-state index contributed by atoms with van der Waals surface area (Å²) in [5, 5.41) is 0.